The summed E-state index contributed by atoms with van der Waals surface area (Å²) in [6.07, 6.45) is 4.97. The van der Waals surface area contributed by atoms with Crippen LogP contribution >= 0.6 is 13.4 Å². The summed E-state index contributed by atoms with van der Waals surface area (Å²) in [6, 6.07) is 8.80. The molecular weight excluding hydrogens is 432 g/mol. The van der Waals surface area contributed by atoms with Gasteiger partial charge in [0.25, 0.3) is 0 Å². The van der Waals surface area contributed by atoms with Crippen LogP contribution in [0.15, 0.2) is 24.3 Å². The summed E-state index contributed by atoms with van der Waals surface area (Å²) in [4.78, 5) is 45.3. The molecule has 0 atom stereocenters. The molecule has 11 heteroatoms. The van der Waals surface area contributed by atoms with Crippen LogP contribution in [0.1, 0.15) is 37.8 Å². The van der Waals surface area contributed by atoms with E-state index in [0.29, 0.717) is 0 Å². The maximum absolute atomic E-state index is 7.56. The number of aryl methyl sites for hydroxylation is 2. The number of rotatable bonds is 4. The predicted octanol–water partition coefficient (Wildman–Crippen LogP) is 1.96. The average Bonchev–Trinajstić information content (AvgIpc) is 2.28. The fourth-order valence-electron chi connectivity index (χ4n) is 1.58. The molecule has 0 radical (unpaired) electrons. The maximum Gasteiger partial charge on any atom is 0.319 e. The molecule has 0 saturated carbocycles. The van der Waals surface area contributed by atoms with E-state index in [1.54, 1.807) is 11.1 Å². The van der Waals surface area contributed by atoms with E-state index in [1.165, 1.54) is 25.7 Å². The third kappa shape index (κ3) is 31.2. The van der Waals surface area contributed by atoms with Gasteiger partial charge in [-0.2, -0.15) is 0 Å². The molecular formula is C12H24O6P2S2Zn. The number of hydrogen-bond acceptors (Lipinski definition) is 2. The van der Waals surface area contributed by atoms with E-state index in [4.69, 9.17) is 29.4 Å². The van der Waals surface area contributed by atoms with Crippen molar-refractivity contribution in [2.24, 2.45) is 0 Å². The minimum absolute atomic E-state index is 0. The van der Waals surface area contributed by atoms with Gasteiger partial charge >= 0.3 is 13.4 Å². The molecule has 132 valence electrons. The monoisotopic (exact) mass is 454 g/mol. The summed E-state index contributed by atoms with van der Waals surface area (Å²) in [7, 11) is 0. The molecule has 1 aromatic carbocycles. The van der Waals surface area contributed by atoms with Crippen LogP contribution in [-0.4, -0.2) is 29.4 Å². The molecule has 23 heavy (non-hydrogen) atoms. The predicted molar refractivity (Wildman–Crippen MR) is 96.3 cm³/mol. The molecule has 0 aliphatic carbocycles. The standard InChI is InChI=1S/C12H18.2H3O3PS.Zn/c1-3-7-11-9-5-6-10-12(11)8-4-2;2*1-4(2,3)5;/h5-6,9-10H,3-4,7-8H2,1-2H3;2*(H3,1,2,3,5);. The van der Waals surface area contributed by atoms with Gasteiger partial charge in [0, 0.05) is 19.5 Å². The Bertz CT molecular complexity index is 445. The molecule has 0 heterocycles. The molecule has 6 nitrogen and oxygen atoms in total. The van der Waals surface area contributed by atoms with Crippen LogP contribution < -0.4 is 0 Å². The van der Waals surface area contributed by atoms with Gasteiger partial charge < -0.3 is 29.4 Å². The molecule has 0 aromatic heterocycles. The quantitative estimate of drug-likeness (QED) is 0.301. The van der Waals surface area contributed by atoms with Crippen molar-refractivity contribution in [2.75, 3.05) is 0 Å². The Morgan fingerprint density at radius 2 is 0.957 bits per heavy atom. The molecule has 0 unspecified atom stereocenters. The van der Waals surface area contributed by atoms with Crippen LogP contribution in [-0.2, 0) is 55.9 Å². The zero-order valence-corrected chi connectivity index (χ0v) is 19.6. The van der Waals surface area contributed by atoms with Gasteiger partial charge in [0.05, 0.1) is 0 Å². The van der Waals surface area contributed by atoms with Gasteiger partial charge in [-0.1, -0.05) is 51.0 Å². The molecule has 0 fully saturated rings. The van der Waals surface area contributed by atoms with E-state index in [-0.39, 0.29) is 19.5 Å². The molecule has 6 N–H and O–H groups in total. The van der Waals surface area contributed by atoms with Crippen molar-refractivity contribution in [3.05, 3.63) is 35.4 Å². The summed E-state index contributed by atoms with van der Waals surface area (Å²) in [5, 5.41) is 0. The Morgan fingerprint density at radius 1 is 0.739 bits per heavy atom. The van der Waals surface area contributed by atoms with Gasteiger partial charge in [-0.05, 0) is 47.6 Å². The zero-order valence-electron chi connectivity index (χ0n) is 13.2. The SMILES string of the molecule is CCCc1ccccc1CCC.OP(O)(O)=S.OP(O)(O)=S.[Zn]. The molecule has 0 spiro atoms. The summed E-state index contributed by atoms with van der Waals surface area (Å²) in [5.41, 5.74) is 3.09. The van der Waals surface area contributed by atoms with Crippen LogP contribution in [0.25, 0.3) is 0 Å². The second kappa shape index (κ2) is 15.2. The maximum atomic E-state index is 7.56. The summed E-state index contributed by atoms with van der Waals surface area (Å²) >= 11 is 7.21. The minimum Gasteiger partial charge on any atom is -0.325 e. The number of hydrogen-bond donors (Lipinski definition) is 6. The van der Waals surface area contributed by atoms with E-state index in [1.807, 2.05) is 0 Å². The van der Waals surface area contributed by atoms with E-state index < -0.39 is 13.4 Å². The molecule has 0 bridgehead atoms. The largest absolute Gasteiger partial charge is 0.325 e. The van der Waals surface area contributed by atoms with Crippen molar-refractivity contribution >= 4 is 37.1 Å². The normalized spacial score (nSPS) is 10.4. The van der Waals surface area contributed by atoms with Gasteiger partial charge in [0.2, 0.25) is 0 Å². The van der Waals surface area contributed by atoms with E-state index in [2.05, 4.69) is 61.7 Å². The first-order valence-corrected chi connectivity index (χ1v) is 11.8. The van der Waals surface area contributed by atoms with Crippen molar-refractivity contribution < 1.29 is 48.8 Å². The molecule has 0 aliphatic rings. The Balaban J connectivity index is -0.000000307. The first kappa shape index (κ1) is 28.7. The molecule has 0 saturated heterocycles. The van der Waals surface area contributed by atoms with E-state index in [9.17, 15) is 0 Å². The van der Waals surface area contributed by atoms with E-state index in [0.717, 1.165) is 0 Å². The van der Waals surface area contributed by atoms with Gasteiger partial charge in [-0.15, -0.1) is 0 Å². The summed E-state index contributed by atoms with van der Waals surface area (Å²) in [6.45, 7) is -3.13. The molecule has 1 aromatic rings. The topological polar surface area (TPSA) is 121 Å². The Kier molecular flexibility index (Phi) is 18.9. The third-order valence-corrected chi connectivity index (χ3v) is 2.16. The Hall–Kier alpha value is 0.903. The number of benzene rings is 1. The summed E-state index contributed by atoms with van der Waals surface area (Å²) < 4.78 is 0. The van der Waals surface area contributed by atoms with Crippen molar-refractivity contribution in [3.63, 3.8) is 0 Å². The Morgan fingerprint density at radius 3 is 1.13 bits per heavy atom. The van der Waals surface area contributed by atoms with Gasteiger partial charge in [0.1, 0.15) is 0 Å². The van der Waals surface area contributed by atoms with Crippen LogP contribution in [0.4, 0.5) is 0 Å². The van der Waals surface area contributed by atoms with Crippen LogP contribution in [0, 0.1) is 0 Å². The molecule has 0 amide bonds. The van der Waals surface area contributed by atoms with Gasteiger partial charge in [0.15, 0.2) is 0 Å². The first-order chi connectivity index (χ1) is 9.88. The summed E-state index contributed by atoms with van der Waals surface area (Å²) in [5.74, 6) is 0. The Labute approximate surface area is 160 Å². The molecule has 0 aliphatic heterocycles. The van der Waals surface area contributed by atoms with Crippen molar-refractivity contribution in [1.82, 2.24) is 0 Å². The van der Waals surface area contributed by atoms with Crippen LogP contribution in [0.5, 0.6) is 0 Å². The van der Waals surface area contributed by atoms with Crippen molar-refractivity contribution in [2.45, 2.75) is 39.5 Å². The van der Waals surface area contributed by atoms with Gasteiger partial charge in [-0.3, -0.25) is 0 Å². The van der Waals surface area contributed by atoms with E-state index >= 15 is 0 Å². The minimum atomic E-state index is -3.81. The average molecular weight is 456 g/mol. The van der Waals surface area contributed by atoms with Crippen molar-refractivity contribution in [3.8, 4) is 0 Å². The second-order valence-corrected chi connectivity index (χ2v) is 9.29. The van der Waals surface area contributed by atoms with Gasteiger partial charge in [-0.25, -0.2) is 0 Å². The third-order valence-electron chi connectivity index (χ3n) is 2.16. The van der Waals surface area contributed by atoms with Crippen LogP contribution in [0.2, 0.25) is 0 Å². The zero-order chi connectivity index (χ0) is 17.8. The first-order valence-electron chi connectivity index (χ1n) is 6.51. The second-order valence-electron chi connectivity index (χ2n) is 4.30. The smallest absolute Gasteiger partial charge is 0.319 e. The fourth-order valence-corrected chi connectivity index (χ4v) is 1.58. The fraction of sp³-hybridized carbons (Fsp3) is 0.500. The van der Waals surface area contributed by atoms with Crippen molar-refractivity contribution in [1.29, 1.82) is 0 Å². The van der Waals surface area contributed by atoms with Crippen LogP contribution in [0.3, 0.4) is 0 Å². The molecule has 1 rings (SSSR count).